The van der Waals surface area contributed by atoms with Gasteiger partial charge in [0.1, 0.15) is 18.1 Å². The van der Waals surface area contributed by atoms with Crippen LogP contribution in [0.15, 0.2) is 88.7 Å². The Morgan fingerprint density at radius 3 is 2.46 bits per heavy atom. The van der Waals surface area contributed by atoms with Crippen molar-refractivity contribution in [1.29, 1.82) is 0 Å². The number of nitrogens with zero attached hydrogens (tertiary/aromatic N) is 5. The van der Waals surface area contributed by atoms with Crippen LogP contribution in [0.2, 0.25) is 0 Å². The van der Waals surface area contributed by atoms with Gasteiger partial charge in [0.25, 0.3) is 5.56 Å². The van der Waals surface area contributed by atoms with Crippen LogP contribution in [-0.4, -0.2) is 40.1 Å². The van der Waals surface area contributed by atoms with E-state index in [0.29, 0.717) is 28.2 Å². The third-order valence-electron chi connectivity index (χ3n) is 5.90. The van der Waals surface area contributed by atoms with E-state index in [4.69, 9.17) is 9.72 Å². The fourth-order valence-electron chi connectivity index (χ4n) is 4.00. The van der Waals surface area contributed by atoms with Gasteiger partial charge in [0.2, 0.25) is 10.0 Å². The molecule has 5 rings (SSSR count). The van der Waals surface area contributed by atoms with Gasteiger partial charge in [0.15, 0.2) is 0 Å². The molecule has 0 aliphatic heterocycles. The topological polar surface area (TPSA) is 121 Å². The Hall–Kier alpha value is -4.35. The molecule has 3 aromatic carbocycles. The van der Waals surface area contributed by atoms with Crippen molar-refractivity contribution in [1.82, 2.24) is 29.3 Å². The van der Waals surface area contributed by atoms with E-state index < -0.39 is 10.0 Å². The van der Waals surface area contributed by atoms with Crippen molar-refractivity contribution in [2.45, 2.75) is 24.9 Å². The maximum absolute atomic E-state index is 13.5. The van der Waals surface area contributed by atoms with E-state index in [1.165, 1.54) is 23.9 Å². The van der Waals surface area contributed by atoms with Crippen molar-refractivity contribution in [3.63, 3.8) is 0 Å². The molecule has 0 amide bonds. The lowest BCUT2D eigenvalue weighted by molar-refractivity contribution is 0.414. The van der Waals surface area contributed by atoms with Crippen molar-refractivity contribution < 1.29 is 13.2 Å². The van der Waals surface area contributed by atoms with E-state index in [9.17, 15) is 13.2 Å². The lowest BCUT2D eigenvalue weighted by Crippen LogP contribution is -2.26. The quantitative estimate of drug-likeness (QED) is 0.337. The predicted octanol–water partition coefficient (Wildman–Crippen LogP) is 2.82. The largest absolute Gasteiger partial charge is 0.497 e. The van der Waals surface area contributed by atoms with Crippen LogP contribution in [-0.2, 0) is 23.1 Å². The normalized spacial score (nSPS) is 11.6. The van der Waals surface area contributed by atoms with Crippen LogP contribution in [0.1, 0.15) is 17.1 Å². The molecule has 0 atom stereocenters. The summed E-state index contributed by atoms with van der Waals surface area (Å²) in [6.45, 7) is 2.04. The molecule has 0 spiro atoms. The Morgan fingerprint density at radius 1 is 0.973 bits per heavy atom. The van der Waals surface area contributed by atoms with E-state index in [0.717, 1.165) is 11.3 Å². The molecule has 0 radical (unpaired) electrons. The molecule has 0 saturated carbocycles. The van der Waals surface area contributed by atoms with Crippen LogP contribution in [0.3, 0.4) is 0 Å². The van der Waals surface area contributed by atoms with Gasteiger partial charge in [-0.05, 0) is 55.0 Å². The zero-order chi connectivity index (χ0) is 26.0. The smallest absolute Gasteiger partial charge is 0.266 e. The number of fused-ring (bicyclic) bond motifs is 1. The zero-order valence-electron chi connectivity index (χ0n) is 20.2. The molecule has 11 heteroatoms. The van der Waals surface area contributed by atoms with E-state index in [2.05, 4.69) is 15.0 Å². The molecule has 37 heavy (non-hydrogen) atoms. The summed E-state index contributed by atoms with van der Waals surface area (Å²) in [5.41, 5.74) is 2.48. The molecular weight excluding hydrogens is 492 g/mol. The second-order valence-corrected chi connectivity index (χ2v) is 10.1. The van der Waals surface area contributed by atoms with Crippen LogP contribution in [0.5, 0.6) is 5.75 Å². The third-order valence-corrected chi connectivity index (χ3v) is 7.32. The Bertz CT molecular complexity index is 1740. The minimum atomic E-state index is -3.75. The summed E-state index contributed by atoms with van der Waals surface area (Å²) in [5.74, 6) is 1.04. The highest BCUT2D eigenvalue weighted by Crippen LogP contribution is 2.18. The maximum Gasteiger partial charge on any atom is 0.266 e. The molecule has 2 heterocycles. The molecule has 0 bridgehead atoms. The molecule has 10 nitrogen and oxygen atoms in total. The van der Waals surface area contributed by atoms with Crippen molar-refractivity contribution in [2.75, 3.05) is 7.11 Å². The second kappa shape index (κ2) is 9.96. The average Bonchev–Trinajstić information content (AvgIpc) is 3.36. The lowest BCUT2D eigenvalue weighted by atomic mass is 10.2. The van der Waals surface area contributed by atoms with Gasteiger partial charge >= 0.3 is 0 Å². The second-order valence-electron chi connectivity index (χ2n) is 8.38. The third kappa shape index (κ3) is 4.99. The highest BCUT2D eigenvalue weighted by Gasteiger charge is 2.17. The van der Waals surface area contributed by atoms with Crippen molar-refractivity contribution in [2.24, 2.45) is 0 Å². The first-order valence-electron chi connectivity index (χ1n) is 11.4. The zero-order valence-corrected chi connectivity index (χ0v) is 21.0. The van der Waals surface area contributed by atoms with Crippen LogP contribution in [0, 0.1) is 6.92 Å². The van der Waals surface area contributed by atoms with Gasteiger partial charge in [0, 0.05) is 0 Å². The van der Waals surface area contributed by atoms with Crippen molar-refractivity contribution in [3.8, 4) is 11.4 Å². The number of para-hydroxylation sites is 2. The number of benzene rings is 3. The first-order chi connectivity index (χ1) is 17.9. The monoisotopic (exact) mass is 516 g/mol. The van der Waals surface area contributed by atoms with E-state index in [1.54, 1.807) is 35.0 Å². The predicted molar refractivity (Wildman–Crippen MR) is 138 cm³/mol. The molecule has 0 aliphatic rings. The SMILES string of the molecule is COc1ccc(S(=O)(=O)NCc2cn(Cc3nc4ccccc4c(=O)n3-c3ccccc3C)nn2)cc1. The molecule has 1 N–H and O–H groups in total. The number of hydrogen-bond acceptors (Lipinski definition) is 7. The first-order valence-corrected chi connectivity index (χ1v) is 12.9. The van der Waals surface area contributed by atoms with Gasteiger partial charge in [-0.25, -0.2) is 22.8 Å². The fraction of sp³-hybridized carbons (Fsp3) is 0.154. The molecule has 0 fully saturated rings. The average molecular weight is 517 g/mol. The van der Waals surface area contributed by atoms with Gasteiger partial charge in [-0.2, -0.15) is 0 Å². The Balaban J connectivity index is 1.42. The first kappa shape index (κ1) is 24.3. The minimum Gasteiger partial charge on any atom is -0.497 e. The molecule has 0 aliphatic carbocycles. The summed E-state index contributed by atoms with van der Waals surface area (Å²) in [7, 11) is -2.24. The van der Waals surface area contributed by atoms with Crippen LogP contribution in [0.25, 0.3) is 16.6 Å². The maximum atomic E-state index is 13.5. The summed E-state index contributed by atoms with van der Waals surface area (Å²) in [4.78, 5) is 18.3. The number of hydrogen-bond donors (Lipinski definition) is 1. The Kier molecular flexibility index (Phi) is 6.55. The summed E-state index contributed by atoms with van der Waals surface area (Å²) in [6, 6.07) is 20.9. The van der Waals surface area contributed by atoms with E-state index in [-0.39, 0.29) is 23.5 Å². The standard InChI is InChI=1S/C26H24N6O4S/c1-18-7-3-6-10-24(18)32-25(28-23-9-5-4-8-22(23)26(32)33)17-31-16-19(29-30-31)15-27-37(34,35)21-13-11-20(36-2)12-14-21/h3-14,16,27H,15,17H2,1-2H3. The minimum absolute atomic E-state index is 0.0515. The van der Waals surface area contributed by atoms with Gasteiger partial charge in [0.05, 0.1) is 47.0 Å². The molecular formula is C26H24N6O4S. The van der Waals surface area contributed by atoms with Gasteiger partial charge in [-0.1, -0.05) is 35.5 Å². The number of ether oxygens (including phenoxy) is 1. The number of aromatic nitrogens is 5. The van der Waals surface area contributed by atoms with Gasteiger partial charge in [-0.15, -0.1) is 5.10 Å². The van der Waals surface area contributed by atoms with Crippen LogP contribution in [0.4, 0.5) is 0 Å². The summed E-state index contributed by atoms with van der Waals surface area (Å²) in [6.07, 6.45) is 1.63. The number of aryl methyl sites for hydroxylation is 1. The number of nitrogens with one attached hydrogen (secondary N) is 1. The van der Waals surface area contributed by atoms with E-state index in [1.807, 2.05) is 43.3 Å². The summed E-state index contributed by atoms with van der Waals surface area (Å²) < 4.78 is 36.0. The van der Waals surface area contributed by atoms with Crippen molar-refractivity contribution in [3.05, 3.63) is 106 Å². The number of rotatable bonds is 8. The summed E-state index contributed by atoms with van der Waals surface area (Å²) in [5, 5.41) is 8.74. The molecule has 0 saturated heterocycles. The molecule has 5 aromatic rings. The van der Waals surface area contributed by atoms with Crippen LogP contribution < -0.4 is 15.0 Å². The van der Waals surface area contributed by atoms with Gasteiger partial charge < -0.3 is 4.74 Å². The Labute approximate surface area is 213 Å². The Morgan fingerprint density at radius 2 is 1.70 bits per heavy atom. The summed E-state index contributed by atoms with van der Waals surface area (Å²) >= 11 is 0. The van der Waals surface area contributed by atoms with Gasteiger partial charge in [-0.3, -0.25) is 9.36 Å². The molecule has 0 unspecified atom stereocenters. The van der Waals surface area contributed by atoms with Crippen LogP contribution >= 0.6 is 0 Å². The fourth-order valence-corrected chi connectivity index (χ4v) is 5.00. The molecule has 2 aromatic heterocycles. The van der Waals surface area contributed by atoms with Crippen molar-refractivity contribution >= 4 is 20.9 Å². The molecule has 188 valence electrons. The van der Waals surface area contributed by atoms with E-state index >= 15 is 0 Å². The number of sulfonamides is 1. The lowest BCUT2D eigenvalue weighted by Gasteiger charge is -2.15. The number of methoxy groups -OCH3 is 1. The highest BCUT2D eigenvalue weighted by atomic mass is 32.2. The highest BCUT2D eigenvalue weighted by molar-refractivity contribution is 7.89.